The van der Waals surface area contributed by atoms with Gasteiger partial charge >= 0.3 is 0 Å². The zero-order valence-corrected chi connectivity index (χ0v) is 25.8. The molecule has 0 heterocycles. The molecule has 40 heavy (non-hydrogen) atoms. The van der Waals surface area contributed by atoms with Gasteiger partial charge in [0.1, 0.15) is 0 Å². The molecule has 5 heteroatoms. The lowest BCUT2D eigenvalue weighted by molar-refractivity contribution is -0.0389. The van der Waals surface area contributed by atoms with E-state index in [-0.39, 0.29) is 16.9 Å². The average molecular weight is 569 g/mol. The summed E-state index contributed by atoms with van der Waals surface area (Å²) in [6, 6.07) is 9.01. The maximum atomic E-state index is 14.2. The lowest BCUT2D eigenvalue weighted by Gasteiger charge is -2.54. The number of fused-ring (bicyclic) bond motifs is 5. The highest BCUT2D eigenvalue weighted by atomic mass is 32.2. The fourth-order valence-electron chi connectivity index (χ4n) is 10.2. The normalized spacial score (nSPS) is 39.4. The molecule has 0 aliphatic heterocycles. The van der Waals surface area contributed by atoms with Crippen molar-refractivity contribution in [2.45, 2.75) is 133 Å². The maximum absolute atomic E-state index is 14.2. The fraction of sp³-hybridized carbons (Fsp3) is 0.771. The molecular formula is C35H52O4S. The highest BCUT2D eigenvalue weighted by Gasteiger charge is 2.56. The van der Waals surface area contributed by atoms with Crippen molar-refractivity contribution >= 4 is 9.84 Å². The van der Waals surface area contributed by atoms with Crippen LogP contribution in [-0.4, -0.2) is 35.6 Å². The Morgan fingerprint density at radius 2 is 1.62 bits per heavy atom. The van der Waals surface area contributed by atoms with Crippen molar-refractivity contribution in [2.75, 3.05) is 0 Å². The molecule has 5 aliphatic rings. The Balaban J connectivity index is 1.25. The average Bonchev–Trinajstić information content (AvgIpc) is 3.26. The number of sulfone groups is 1. The quantitative estimate of drug-likeness (QED) is 0.349. The standard InChI is InChI=1S/C35H52O4S/c1-33(2)17-19-35(37,20-18-33)23-28(40(38,39)27-7-5-4-6-8-27)22-25-10-14-32-31-12-9-24-21-26(36)11-13-29(24)30(31)15-16-34(25,32)3/h4-9,25-26,28-32,36-37H,10-23H2,1-3H3/t25?,26?,28?,29-,30?,31?,32?,34?/m0/s1. The van der Waals surface area contributed by atoms with E-state index in [0.29, 0.717) is 54.3 Å². The maximum Gasteiger partial charge on any atom is 0.181 e. The van der Waals surface area contributed by atoms with Crippen molar-refractivity contribution in [3.63, 3.8) is 0 Å². The van der Waals surface area contributed by atoms with E-state index in [4.69, 9.17) is 0 Å². The second kappa shape index (κ2) is 10.5. The summed E-state index contributed by atoms with van der Waals surface area (Å²) in [5, 5.41) is 21.5. The molecule has 0 bridgehead atoms. The fourth-order valence-corrected chi connectivity index (χ4v) is 12.1. The van der Waals surface area contributed by atoms with Crippen LogP contribution in [0.5, 0.6) is 0 Å². The van der Waals surface area contributed by atoms with Crippen LogP contribution in [0.3, 0.4) is 0 Å². The van der Waals surface area contributed by atoms with Crippen LogP contribution in [0, 0.1) is 40.4 Å². The SMILES string of the molecule is CC1(C)CCC(O)(CC(CC2CCC3C4CC=C5CC(O)CC[C@@H]5C4CCC23C)S(=O)(=O)c2ccccc2)CC1. The number of aliphatic hydroxyl groups excluding tert-OH is 1. The molecule has 4 nitrogen and oxygen atoms in total. The largest absolute Gasteiger partial charge is 0.393 e. The minimum Gasteiger partial charge on any atom is -0.393 e. The number of benzene rings is 1. The second-order valence-electron chi connectivity index (χ2n) is 15.6. The molecule has 1 aromatic carbocycles. The van der Waals surface area contributed by atoms with E-state index in [1.807, 2.05) is 18.2 Å². The predicted molar refractivity (Wildman–Crippen MR) is 160 cm³/mol. The number of aliphatic hydroxyl groups is 2. The molecule has 222 valence electrons. The Hall–Kier alpha value is -1.17. The summed E-state index contributed by atoms with van der Waals surface area (Å²) >= 11 is 0. The minimum absolute atomic E-state index is 0.155. The summed E-state index contributed by atoms with van der Waals surface area (Å²) in [6.07, 6.45) is 15.5. The number of allylic oxidation sites excluding steroid dienone is 1. The number of hydrogen-bond donors (Lipinski definition) is 2. The van der Waals surface area contributed by atoms with Crippen molar-refractivity contribution in [1.82, 2.24) is 0 Å². The molecule has 5 aliphatic carbocycles. The van der Waals surface area contributed by atoms with E-state index in [1.54, 1.807) is 12.1 Å². The van der Waals surface area contributed by atoms with Crippen LogP contribution in [0.1, 0.15) is 111 Å². The third-order valence-electron chi connectivity index (χ3n) is 12.8. The second-order valence-corrected chi connectivity index (χ2v) is 17.8. The molecule has 2 N–H and O–H groups in total. The number of hydrogen-bond acceptors (Lipinski definition) is 4. The van der Waals surface area contributed by atoms with Gasteiger partial charge in [-0.25, -0.2) is 8.42 Å². The molecule has 0 spiro atoms. The van der Waals surface area contributed by atoms with E-state index in [0.717, 1.165) is 50.9 Å². The van der Waals surface area contributed by atoms with Gasteiger partial charge in [-0.05, 0) is 142 Å². The van der Waals surface area contributed by atoms with Crippen LogP contribution in [0.25, 0.3) is 0 Å². The van der Waals surface area contributed by atoms with Crippen LogP contribution in [0.15, 0.2) is 46.9 Å². The monoisotopic (exact) mass is 568 g/mol. The zero-order valence-electron chi connectivity index (χ0n) is 25.0. The first kappa shape index (κ1) is 28.9. The Bertz CT molecular complexity index is 1190. The van der Waals surface area contributed by atoms with E-state index >= 15 is 0 Å². The van der Waals surface area contributed by atoms with Gasteiger partial charge in [0, 0.05) is 0 Å². The molecule has 6 rings (SSSR count). The van der Waals surface area contributed by atoms with E-state index in [1.165, 1.54) is 24.8 Å². The Labute approximate surface area is 243 Å². The highest BCUT2D eigenvalue weighted by Crippen LogP contribution is 2.64. The summed E-state index contributed by atoms with van der Waals surface area (Å²) in [7, 11) is -3.56. The molecule has 4 fully saturated rings. The van der Waals surface area contributed by atoms with Gasteiger partial charge in [-0.3, -0.25) is 0 Å². The van der Waals surface area contributed by atoms with Crippen molar-refractivity contribution in [2.24, 2.45) is 40.4 Å². The molecule has 1 aromatic rings. The summed E-state index contributed by atoms with van der Waals surface area (Å²) < 4.78 is 28.4. The summed E-state index contributed by atoms with van der Waals surface area (Å²) in [5.41, 5.74) is 1.02. The molecule has 7 unspecified atom stereocenters. The van der Waals surface area contributed by atoms with Crippen molar-refractivity contribution < 1.29 is 18.6 Å². The van der Waals surface area contributed by atoms with E-state index < -0.39 is 20.7 Å². The Kier molecular flexibility index (Phi) is 7.61. The molecule has 0 saturated heterocycles. The lowest BCUT2D eigenvalue weighted by atomic mass is 9.51. The summed E-state index contributed by atoms with van der Waals surface area (Å²) in [5.74, 6) is 3.12. The third-order valence-corrected chi connectivity index (χ3v) is 15.0. The smallest absolute Gasteiger partial charge is 0.181 e. The molecule has 0 amide bonds. The van der Waals surface area contributed by atoms with Gasteiger partial charge in [-0.2, -0.15) is 0 Å². The first-order valence-electron chi connectivity index (χ1n) is 16.3. The van der Waals surface area contributed by atoms with Gasteiger partial charge in [0.2, 0.25) is 0 Å². The van der Waals surface area contributed by atoms with Crippen LogP contribution in [-0.2, 0) is 9.84 Å². The lowest BCUT2D eigenvalue weighted by Crippen LogP contribution is -2.47. The first-order chi connectivity index (χ1) is 18.9. The highest BCUT2D eigenvalue weighted by molar-refractivity contribution is 7.92. The van der Waals surface area contributed by atoms with Crippen molar-refractivity contribution in [1.29, 1.82) is 0 Å². The number of rotatable bonds is 6. The summed E-state index contributed by atoms with van der Waals surface area (Å²) in [6.45, 7) is 7.01. The van der Waals surface area contributed by atoms with E-state index in [9.17, 15) is 18.6 Å². The minimum atomic E-state index is -3.56. The third kappa shape index (κ3) is 5.26. The van der Waals surface area contributed by atoms with Crippen LogP contribution >= 0.6 is 0 Å². The van der Waals surface area contributed by atoms with Crippen molar-refractivity contribution in [3.05, 3.63) is 42.0 Å². The first-order valence-corrected chi connectivity index (χ1v) is 17.8. The topological polar surface area (TPSA) is 74.6 Å². The molecule has 4 saturated carbocycles. The molecule has 0 aromatic heterocycles. The van der Waals surface area contributed by atoms with Crippen LogP contribution < -0.4 is 0 Å². The Morgan fingerprint density at radius 3 is 2.35 bits per heavy atom. The van der Waals surface area contributed by atoms with Gasteiger partial charge in [-0.1, -0.05) is 50.6 Å². The van der Waals surface area contributed by atoms with E-state index in [2.05, 4.69) is 26.8 Å². The van der Waals surface area contributed by atoms with Crippen molar-refractivity contribution in [3.8, 4) is 0 Å². The van der Waals surface area contributed by atoms with Gasteiger partial charge < -0.3 is 10.2 Å². The Morgan fingerprint density at radius 1 is 0.900 bits per heavy atom. The molecule has 8 atom stereocenters. The van der Waals surface area contributed by atoms with Crippen LogP contribution in [0.4, 0.5) is 0 Å². The molecular weight excluding hydrogens is 516 g/mol. The zero-order chi connectivity index (χ0) is 28.3. The summed E-state index contributed by atoms with van der Waals surface area (Å²) in [4.78, 5) is 0.410. The van der Waals surface area contributed by atoms with Gasteiger partial charge in [-0.15, -0.1) is 0 Å². The van der Waals surface area contributed by atoms with Gasteiger partial charge in [0.05, 0.1) is 21.9 Å². The van der Waals surface area contributed by atoms with Gasteiger partial charge in [0.25, 0.3) is 0 Å². The molecule has 0 radical (unpaired) electrons. The van der Waals surface area contributed by atoms with Crippen LogP contribution in [0.2, 0.25) is 0 Å². The predicted octanol–water partition coefficient (Wildman–Crippen LogP) is 7.49. The van der Waals surface area contributed by atoms with Gasteiger partial charge in [0.15, 0.2) is 9.84 Å².